The van der Waals surface area contributed by atoms with Crippen LogP contribution in [-0.2, 0) is 6.18 Å². The third-order valence-electron chi connectivity index (χ3n) is 8.26. The summed E-state index contributed by atoms with van der Waals surface area (Å²) in [4.78, 5) is 0. The average Bonchev–Trinajstić information content (AvgIpc) is 3.84. The number of aromatic nitrogens is 8. The van der Waals surface area contributed by atoms with Crippen molar-refractivity contribution in [3.8, 4) is 5.88 Å². The van der Waals surface area contributed by atoms with Gasteiger partial charge in [-0.3, -0.25) is 18.7 Å². The fraction of sp³-hybridized carbons (Fsp3) is 0.692. The van der Waals surface area contributed by atoms with Crippen LogP contribution in [0.15, 0.2) is 24.8 Å². The smallest absolute Gasteiger partial charge is 0.435 e. The van der Waals surface area contributed by atoms with Crippen LogP contribution in [0.2, 0.25) is 5.15 Å². The van der Waals surface area contributed by atoms with Crippen LogP contribution in [0.3, 0.4) is 0 Å². The fourth-order valence-corrected chi connectivity index (χ4v) is 5.21. The molecule has 0 fully saturated rings. The van der Waals surface area contributed by atoms with E-state index in [0.717, 1.165) is 11.4 Å². The van der Waals surface area contributed by atoms with Crippen molar-refractivity contribution in [2.45, 2.75) is 171 Å². The van der Waals surface area contributed by atoms with E-state index in [2.05, 4.69) is 82.0 Å². The molecule has 0 amide bonds. The first-order valence-corrected chi connectivity index (χ1v) is 19.0. The van der Waals surface area contributed by atoms with Gasteiger partial charge < -0.3 is 4.74 Å². The third kappa shape index (κ3) is 14.0. The number of halogens is 6. The molecular weight excluding hydrogens is 727 g/mol. The van der Waals surface area contributed by atoms with Crippen LogP contribution in [0.4, 0.5) is 22.0 Å². The van der Waals surface area contributed by atoms with Gasteiger partial charge in [0, 0.05) is 71.2 Å². The van der Waals surface area contributed by atoms with Crippen molar-refractivity contribution >= 4 is 11.6 Å². The molecule has 0 aromatic carbocycles. The van der Waals surface area contributed by atoms with Crippen LogP contribution in [0, 0.1) is 0 Å². The highest BCUT2D eigenvalue weighted by molar-refractivity contribution is 6.30. The maximum atomic E-state index is 12.6. The highest BCUT2D eigenvalue weighted by Gasteiger charge is 2.38. The molecule has 0 saturated heterocycles. The van der Waals surface area contributed by atoms with E-state index in [1.807, 2.05) is 43.3 Å². The highest BCUT2D eigenvalue weighted by atomic mass is 35.5. The second kappa shape index (κ2) is 21.0. The zero-order valence-corrected chi connectivity index (χ0v) is 36.0. The molecule has 308 valence electrons. The molecule has 4 heterocycles. The minimum atomic E-state index is -4.36. The Kier molecular flexibility index (Phi) is 18.9. The zero-order valence-electron chi connectivity index (χ0n) is 35.3. The number of rotatable bonds is 10. The molecule has 0 N–H and O–H groups in total. The summed E-state index contributed by atoms with van der Waals surface area (Å²) in [6.45, 7) is 31.6. The Bertz CT molecular complexity index is 1650. The number of methoxy groups -OCH3 is 1. The second-order valence-electron chi connectivity index (χ2n) is 15.6. The van der Waals surface area contributed by atoms with Gasteiger partial charge >= 0.3 is 6.18 Å². The Hall–Kier alpha value is -3.42. The van der Waals surface area contributed by atoms with Gasteiger partial charge in [-0.2, -0.15) is 28.5 Å². The van der Waals surface area contributed by atoms with Gasteiger partial charge in [0.1, 0.15) is 5.69 Å². The molecule has 0 atom stereocenters. The lowest BCUT2D eigenvalue weighted by Gasteiger charge is -2.07. The van der Waals surface area contributed by atoms with Crippen molar-refractivity contribution < 1.29 is 26.7 Å². The minimum absolute atomic E-state index is 0.0569. The Morgan fingerprint density at radius 3 is 1.15 bits per heavy atom. The molecule has 0 saturated carbocycles. The largest absolute Gasteiger partial charge is 0.480 e. The quantitative estimate of drug-likeness (QED) is 0.149. The van der Waals surface area contributed by atoms with Crippen LogP contribution in [0.25, 0.3) is 0 Å². The maximum Gasteiger partial charge on any atom is 0.435 e. The summed E-state index contributed by atoms with van der Waals surface area (Å²) in [5.41, 5.74) is 2.38. The second-order valence-corrected chi connectivity index (χ2v) is 15.9. The van der Waals surface area contributed by atoms with Gasteiger partial charge in [0.15, 0.2) is 10.8 Å². The summed E-state index contributed by atoms with van der Waals surface area (Å²) >= 11 is 5.95. The molecule has 4 aromatic rings. The summed E-state index contributed by atoms with van der Waals surface area (Å²) < 4.78 is 75.0. The molecule has 4 rings (SSSR count). The molecule has 0 spiro atoms. The van der Waals surface area contributed by atoms with E-state index in [4.69, 9.17) is 16.3 Å². The van der Waals surface area contributed by atoms with Gasteiger partial charge in [-0.05, 0) is 79.1 Å². The van der Waals surface area contributed by atoms with Gasteiger partial charge in [0.25, 0.3) is 6.43 Å². The maximum absolute atomic E-state index is 12.6. The molecule has 0 radical (unpaired) electrons. The van der Waals surface area contributed by atoms with Crippen LogP contribution >= 0.6 is 11.6 Å². The van der Waals surface area contributed by atoms with Crippen molar-refractivity contribution in [3.63, 3.8) is 0 Å². The van der Waals surface area contributed by atoms with E-state index in [0.29, 0.717) is 34.6 Å². The van der Waals surface area contributed by atoms with E-state index in [9.17, 15) is 22.0 Å². The number of ether oxygens (including phenoxy) is 1. The zero-order chi connectivity index (χ0) is 42.0. The average molecular weight is 791 g/mol. The first-order valence-electron chi connectivity index (χ1n) is 18.7. The van der Waals surface area contributed by atoms with Crippen LogP contribution < -0.4 is 4.74 Å². The molecule has 4 aromatic heterocycles. The predicted octanol–water partition coefficient (Wildman–Crippen LogP) is 13.0. The Morgan fingerprint density at radius 1 is 0.519 bits per heavy atom. The summed E-state index contributed by atoms with van der Waals surface area (Å²) in [7, 11) is 1.67. The van der Waals surface area contributed by atoms with Crippen molar-refractivity contribution in [2.75, 3.05) is 7.11 Å². The summed E-state index contributed by atoms with van der Waals surface area (Å²) in [6.07, 6.45) is 0.452. The molecule has 0 aliphatic heterocycles. The lowest BCUT2D eigenvalue weighted by molar-refractivity contribution is -0.142. The molecular formula is C39H64ClF5N8O. The van der Waals surface area contributed by atoms with E-state index in [1.54, 1.807) is 45.7 Å². The molecule has 0 unspecified atom stereocenters. The van der Waals surface area contributed by atoms with Gasteiger partial charge in [-0.1, -0.05) is 67.0 Å². The monoisotopic (exact) mass is 790 g/mol. The molecule has 54 heavy (non-hydrogen) atoms. The minimum Gasteiger partial charge on any atom is -0.480 e. The molecule has 9 nitrogen and oxygen atoms in total. The van der Waals surface area contributed by atoms with E-state index in [1.165, 1.54) is 16.4 Å². The van der Waals surface area contributed by atoms with Crippen LogP contribution in [0.1, 0.15) is 199 Å². The van der Waals surface area contributed by atoms with Crippen molar-refractivity contribution in [1.29, 1.82) is 0 Å². The van der Waals surface area contributed by atoms with Gasteiger partial charge in [0.2, 0.25) is 5.88 Å². The number of hydrogen-bond acceptors (Lipinski definition) is 5. The normalized spacial score (nSPS) is 12.0. The highest BCUT2D eigenvalue weighted by Crippen LogP contribution is 2.34. The van der Waals surface area contributed by atoms with Crippen molar-refractivity contribution in [3.05, 3.63) is 63.6 Å². The van der Waals surface area contributed by atoms with E-state index in [-0.39, 0.29) is 35.2 Å². The first kappa shape index (κ1) is 48.6. The summed E-state index contributed by atoms with van der Waals surface area (Å²) in [5, 5.41) is 16.7. The molecule has 0 bridgehead atoms. The Morgan fingerprint density at radius 2 is 0.870 bits per heavy atom. The number of nitrogens with zero attached hydrogens (tertiary/aromatic N) is 8. The van der Waals surface area contributed by atoms with Crippen LogP contribution in [0.5, 0.6) is 5.88 Å². The first-order chi connectivity index (χ1) is 24.7. The fourth-order valence-electron chi connectivity index (χ4n) is 4.86. The number of alkyl halides is 5. The lowest BCUT2D eigenvalue weighted by Crippen LogP contribution is -2.11. The Labute approximate surface area is 324 Å². The summed E-state index contributed by atoms with van der Waals surface area (Å²) in [6, 6.07) is 0.843. The molecule has 0 aliphatic rings. The van der Waals surface area contributed by atoms with E-state index >= 15 is 0 Å². The van der Waals surface area contributed by atoms with Gasteiger partial charge in [0.05, 0.1) is 7.11 Å². The SMILES string of the molecule is CC(C)c1cn(C(C)C)nc1C(F)(F)F.CC(C)c1cn(C(C)C)nc1C(F)F.CC(C)c1cn(C(C)C)nc1Cl.COc1nn(C(C)C)cc1C(C)C. The predicted molar refractivity (Wildman–Crippen MR) is 208 cm³/mol. The molecule has 0 aliphatic carbocycles. The molecule has 15 heteroatoms. The lowest BCUT2D eigenvalue weighted by atomic mass is 10.0. The topological polar surface area (TPSA) is 80.5 Å². The van der Waals surface area contributed by atoms with Gasteiger partial charge in [-0.15, -0.1) is 5.10 Å². The third-order valence-corrected chi connectivity index (χ3v) is 8.55. The van der Waals surface area contributed by atoms with Gasteiger partial charge in [-0.25, -0.2) is 8.78 Å². The van der Waals surface area contributed by atoms with Crippen LogP contribution in [-0.4, -0.2) is 46.2 Å². The van der Waals surface area contributed by atoms with Crippen molar-refractivity contribution in [2.24, 2.45) is 0 Å². The summed E-state index contributed by atoms with van der Waals surface area (Å²) in [5.74, 6) is 1.58. The Balaban J connectivity index is 0.000000361. The van der Waals surface area contributed by atoms with Crippen molar-refractivity contribution in [1.82, 2.24) is 39.1 Å². The van der Waals surface area contributed by atoms with E-state index < -0.39 is 18.3 Å². The number of hydrogen-bond donors (Lipinski definition) is 0. The standard InChI is InChI=1S/C10H15F3N2.C10H16F2N2.C10H18N2O.C9H15ClN2/c1-6(2)8-5-15(7(3)4)14-9(8)10(11,12)13;1-6(2)8-5-14(7(3)4)13-9(8)10(11)12;1-7(2)9-6-12(8(3)4)11-10(9)13-5;1-6(2)8-5-12(7(3)4)11-9(8)10/h5-7H,1-4H3;5-7,10H,1-4H3;6-8H,1-5H3;5-7H,1-4H3.